The first-order valence-electron chi connectivity index (χ1n) is 4.68. The fourth-order valence-electron chi connectivity index (χ4n) is 2.11. The number of carbonyl (C=O) groups excluding carboxylic acids is 1. The van der Waals surface area contributed by atoms with Crippen LogP contribution in [-0.4, -0.2) is 52.0 Å². The lowest BCUT2D eigenvalue weighted by atomic mass is 10.1. The number of nitrogens with zero attached hydrogens (tertiary/aromatic N) is 1. The van der Waals surface area contributed by atoms with Crippen LogP contribution in [0.1, 0.15) is 6.42 Å². The molecule has 5 nitrogen and oxygen atoms in total. The van der Waals surface area contributed by atoms with Crippen LogP contribution in [0.25, 0.3) is 0 Å². The Morgan fingerprint density at radius 1 is 1.57 bits per heavy atom. The number of hydrogen-bond acceptors (Lipinski definition) is 4. The second-order valence-electron chi connectivity index (χ2n) is 3.79. The van der Waals surface area contributed by atoms with Crippen molar-refractivity contribution >= 4 is 5.91 Å². The molecule has 0 bridgehead atoms. The van der Waals surface area contributed by atoms with Crippen molar-refractivity contribution in [2.45, 2.75) is 30.8 Å². The first-order valence-corrected chi connectivity index (χ1v) is 4.68. The summed E-state index contributed by atoms with van der Waals surface area (Å²) in [5, 5.41) is 21.8. The summed E-state index contributed by atoms with van der Waals surface area (Å²) in [7, 11) is 0. The van der Waals surface area contributed by atoms with Crippen molar-refractivity contribution in [3.05, 3.63) is 12.7 Å². The number of fused-ring (bicyclic) bond motifs is 1. The number of rotatable bonds is 1. The smallest absolute Gasteiger partial charge is 0.238 e. The zero-order valence-electron chi connectivity index (χ0n) is 7.76. The van der Waals surface area contributed by atoms with Gasteiger partial charge < -0.3 is 15.5 Å². The van der Waals surface area contributed by atoms with Gasteiger partial charge >= 0.3 is 0 Å². The van der Waals surface area contributed by atoms with Gasteiger partial charge in [-0.3, -0.25) is 9.69 Å². The van der Waals surface area contributed by atoms with E-state index in [2.05, 4.69) is 11.9 Å². The molecule has 0 aliphatic carbocycles. The van der Waals surface area contributed by atoms with Gasteiger partial charge in [-0.15, -0.1) is 6.58 Å². The normalized spacial score (nSPS) is 43.1. The third kappa shape index (κ3) is 1.33. The lowest BCUT2D eigenvalue weighted by molar-refractivity contribution is -0.139. The molecule has 2 saturated heterocycles. The second-order valence-corrected chi connectivity index (χ2v) is 3.79. The van der Waals surface area contributed by atoms with Gasteiger partial charge in [0, 0.05) is 6.54 Å². The molecule has 4 atom stereocenters. The van der Waals surface area contributed by atoms with E-state index >= 15 is 0 Å². The Morgan fingerprint density at radius 3 is 2.93 bits per heavy atom. The van der Waals surface area contributed by atoms with Crippen LogP contribution in [0.2, 0.25) is 0 Å². The van der Waals surface area contributed by atoms with Gasteiger partial charge in [0.05, 0.1) is 18.2 Å². The van der Waals surface area contributed by atoms with Crippen LogP contribution in [0.5, 0.6) is 0 Å². The van der Waals surface area contributed by atoms with Gasteiger partial charge in [0.25, 0.3) is 0 Å². The monoisotopic (exact) mass is 198 g/mol. The molecular weight excluding hydrogens is 184 g/mol. The van der Waals surface area contributed by atoms with Gasteiger partial charge in [0.15, 0.2) is 0 Å². The lowest BCUT2D eigenvalue weighted by Crippen LogP contribution is -2.62. The first kappa shape index (κ1) is 9.64. The van der Waals surface area contributed by atoms with E-state index in [0.29, 0.717) is 13.0 Å². The third-order valence-electron chi connectivity index (χ3n) is 2.84. The minimum Gasteiger partial charge on any atom is -0.392 e. The quantitative estimate of drug-likeness (QED) is 0.445. The van der Waals surface area contributed by atoms with Crippen LogP contribution in [0.3, 0.4) is 0 Å². The van der Waals surface area contributed by atoms with E-state index in [9.17, 15) is 15.0 Å². The Bertz CT molecular complexity index is 269. The zero-order valence-corrected chi connectivity index (χ0v) is 7.76. The van der Waals surface area contributed by atoms with E-state index in [-0.39, 0.29) is 5.91 Å². The maximum absolute atomic E-state index is 11.5. The molecule has 0 spiro atoms. The Hall–Kier alpha value is -0.910. The number of aliphatic hydroxyl groups is 2. The van der Waals surface area contributed by atoms with Gasteiger partial charge in [-0.05, 0) is 6.42 Å². The molecule has 78 valence electrons. The maximum Gasteiger partial charge on any atom is 0.238 e. The molecule has 2 fully saturated rings. The molecule has 14 heavy (non-hydrogen) atoms. The fraction of sp³-hybridized carbons (Fsp3) is 0.667. The molecule has 5 heteroatoms. The Balaban J connectivity index is 2.19. The molecule has 0 aromatic rings. The van der Waals surface area contributed by atoms with E-state index in [1.807, 2.05) is 0 Å². The molecule has 2 aliphatic rings. The van der Waals surface area contributed by atoms with Crippen molar-refractivity contribution in [1.29, 1.82) is 0 Å². The van der Waals surface area contributed by atoms with Crippen LogP contribution in [0.4, 0.5) is 0 Å². The minimum atomic E-state index is -0.771. The van der Waals surface area contributed by atoms with Crippen LogP contribution in [-0.2, 0) is 4.79 Å². The summed E-state index contributed by atoms with van der Waals surface area (Å²) in [6, 6.07) is -0.833. The molecule has 0 saturated carbocycles. The first-order chi connectivity index (χ1) is 6.63. The molecule has 2 heterocycles. The summed E-state index contributed by atoms with van der Waals surface area (Å²) < 4.78 is 0. The van der Waals surface area contributed by atoms with E-state index in [1.54, 1.807) is 4.90 Å². The molecule has 2 aliphatic heterocycles. The van der Waals surface area contributed by atoms with Crippen molar-refractivity contribution in [3.8, 4) is 0 Å². The van der Waals surface area contributed by atoms with Crippen LogP contribution in [0.15, 0.2) is 12.7 Å². The maximum atomic E-state index is 11.5. The highest BCUT2D eigenvalue weighted by atomic mass is 16.3. The summed E-state index contributed by atoms with van der Waals surface area (Å²) in [4.78, 5) is 13.1. The SMILES string of the molecule is C=CC1NC(=O)C2C[C@@H](O)CN2C1O. The van der Waals surface area contributed by atoms with E-state index in [0.717, 1.165) is 0 Å². The van der Waals surface area contributed by atoms with E-state index in [4.69, 9.17) is 0 Å². The lowest BCUT2D eigenvalue weighted by Gasteiger charge is -2.38. The van der Waals surface area contributed by atoms with Gasteiger partial charge in [0.2, 0.25) is 5.91 Å². The number of hydrogen-bond donors (Lipinski definition) is 3. The van der Waals surface area contributed by atoms with E-state index < -0.39 is 24.4 Å². The number of amides is 1. The molecule has 3 N–H and O–H groups in total. The molecule has 2 rings (SSSR count). The predicted molar refractivity (Wildman–Crippen MR) is 49.3 cm³/mol. The van der Waals surface area contributed by atoms with E-state index in [1.165, 1.54) is 6.08 Å². The summed E-state index contributed by atoms with van der Waals surface area (Å²) in [6.45, 7) is 3.89. The van der Waals surface area contributed by atoms with Crippen molar-refractivity contribution in [2.75, 3.05) is 6.54 Å². The molecular formula is C9H14N2O3. The summed E-state index contributed by atoms with van der Waals surface area (Å²) in [5.41, 5.74) is 0. The van der Waals surface area contributed by atoms with Crippen LogP contribution < -0.4 is 5.32 Å². The predicted octanol–water partition coefficient (Wildman–Crippen LogP) is -1.58. The fourth-order valence-corrected chi connectivity index (χ4v) is 2.11. The number of nitrogens with one attached hydrogen (secondary N) is 1. The average Bonchev–Trinajstić information content (AvgIpc) is 2.54. The number of aliphatic hydroxyl groups excluding tert-OH is 2. The van der Waals surface area contributed by atoms with Crippen molar-refractivity contribution < 1.29 is 15.0 Å². The Labute approximate surface area is 82.0 Å². The van der Waals surface area contributed by atoms with Crippen molar-refractivity contribution in [2.24, 2.45) is 0 Å². The Morgan fingerprint density at radius 2 is 2.29 bits per heavy atom. The minimum absolute atomic E-state index is 0.142. The molecule has 0 aromatic carbocycles. The second kappa shape index (κ2) is 3.34. The highest BCUT2D eigenvalue weighted by Crippen LogP contribution is 2.24. The molecule has 0 radical (unpaired) electrons. The van der Waals surface area contributed by atoms with Crippen molar-refractivity contribution in [1.82, 2.24) is 10.2 Å². The average molecular weight is 198 g/mol. The van der Waals surface area contributed by atoms with Crippen LogP contribution in [0, 0.1) is 0 Å². The molecule has 3 unspecified atom stereocenters. The topological polar surface area (TPSA) is 72.8 Å². The van der Waals surface area contributed by atoms with Gasteiger partial charge in [-0.1, -0.05) is 6.08 Å². The highest BCUT2D eigenvalue weighted by molar-refractivity contribution is 5.83. The zero-order chi connectivity index (χ0) is 10.3. The molecule has 1 amide bonds. The van der Waals surface area contributed by atoms with Crippen LogP contribution >= 0.6 is 0 Å². The standard InChI is InChI=1S/C9H14N2O3/c1-2-6-9(14)11-4-5(12)3-7(11)8(13)10-6/h2,5-7,9,12,14H,1,3-4H2,(H,10,13)/t5-,6?,7?,9?/m1/s1. The van der Waals surface area contributed by atoms with Gasteiger partial charge in [0.1, 0.15) is 6.23 Å². The Kier molecular flexibility index (Phi) is 2.30. The number of piperazine rings is 1. The largest absolute Gasteiger partial charge is 0.392 e. The summed E-state index contributed by atoms with van der Waals surface area (Å²) in [6.07, 6.45) is 0.604. The highest BCUT2D eigenvalue weighted by Gasteiger charge is 2.45. The van der Waals surface area contributed by atoms with Crippen molar-refractivity contribution in [3.63, 3.8) is 0 Å². The third-order valence-corrected chi connectivity index (χ3v) is 2.84. The molecule has 0 aromatic heterocycles. The summed E-state index contributed by atoms with van der Waals surface area (Å²) in [5.74, 6) is -0.142. The van der Waals surface area contributed by atoms with Gasteiger partial charge in [-0.2, -0.15) is 0 Å². The number of carbonyl (C=O) groups is 1. The summed E-state index contributed by atoms with van der Waals surface area (Å²) >= 11 is 0. The van der Waals surface area contributed by atoms with Gasteiger partial charge in [-0.25, -0.2) is 0 Å².